The zero-order valence-electron chi connectivity index (χ0n) is 13.9. The van der Waals surface area contributed by atoms with Crippen molar-refractivity contribution in [3.05, 3.63) is 59.1 Å². The molecule has 2 N–H and O–H groups in total. The number of nitrogens with zero attached hydrogens (tertiary/aromatic N) is 2. The van der Waals surface area contributed by atoms with E-state index in [-0.39, 0.29) is 5.54 Å². The van der Waals surface area contributed by atoms with Crippen molar-refractivity contribution >= 4 is 41.6 Å². The van der Waals surface area contributed by atoms with E-state index in [0.717, 1.165) is 53.7 Å². The van der Waals surface area contributed by atoms with Crippen LogP contribution < -0.4 is 10.6 Å². The molecule has 0 amide bonds. The van der Waals surface area contributed by atoms with Crippen LogP contribution in [0.2, 0.25) is 5.02 Å². The lowest BCUT2D eigenvalue weighted by atomic mass is 9.85. The maximum absolute atomic E-state index is 6.11. The van der Waals surface area contributed by atoms with Crippen molar-refractivity contribution in [2.24, 2.45) is 4.99 Å². The molecule has 4 rings (SSSR count). The van der Waals surface area contributed by atoms with Gasteiger partial charge in [-0.2, -0.15) is 0 Å². The normalized spacial score (nSPS) is 19.0. The maximum atomic E-state index is 6.11. The van der Waals surface area contributed by atoms with E-state index in [0.29, 0.717) is 6.54 Å². The Morgan fingerprint density at radius 3 is 2.76 bits per heavy atom. The summed E-state index contributed by atoms with van der Waals surface area (Å²) in [6.07, 6.45) is 1.93. The van der Waals surface area contributed by atoms with Crippen molar-refractivity contribution < 1.29 is 0 Å². The number of benzene rings is 2. The maximum Gasteiger partial charge on any atom is 0.128 e. The quantitative estimate of drug-likeness (QED) is 0.689. The molecule has 0 bridgehead atoms. The molecule has 2 aromatic rings. The van der Waals surface area contributed by atoms with Gasteiger partial charge in [-0.25, -0.2) is 4.99 Å². The first kappa shape index (κ1) is 16.8. The summed E-state index contributed by atoms with van der Waals surface area (Å²) >= 11 is 10.6. The fraction of sp³-hybridized carbons (Fsp3) is 0.316. The molecule has 130 valence electrons. The third-order valence-corrected chi connectivity index (χ3v) is 5.54. The lowest BCUT2D eigenvalue weighted by molar-refractivity contribution is 0.321. The van der Waals surface area contributed by atoms with Gasteiger partial charge in [0.25, 0.3) is 0 Å². The summed E-state index contributed by atoms with van der Waals surface area (Å²) in [5, 5.41) is 8.07. The second-order valence-electron chi connectivity index (χ2n) is 6.62. The van der Waals surface area contributed by atoms with Crippen molar-refractivity contribution in [3.8, 4) is 0 Å². The minimum atomic E-state index is -0.161. The first-order valence-corrected chi connectivity index (χ1v) is 9.31. The summed E-state index contributed by atoms with van der Waals surface area (Å²) in [5.74, 6) is 1.01. The second kappa shape index (κ2) is 6.90. The van der Waals surface area contributed by atoms with E-state index in [1.54, 1.807) is 0 Å². The summed E-state index contributed by atoms with van der Waals surface area (Å²) in [7, 11) is 0. The molecule has 1 fully saturated rings. The Labute approximate surface area is 158 Å². The predicted octanol–water partition coefficient (Wildman–Crippen LogP) is 4.26. The topological polar surface area (TPSA) is 39.7 Å². The summed E-state index contributed by atoms with van der Waals surface area (Å²) in [6.45, 7) is 2.56. The van der Waals surface area contributed by atoms with Crippen molar-refractivity contribution in [2.75, 3.05) is 18.4 Å². The zero-order chi connectivity index (χ0) is 17.3. The van der Waals surface area contributed by atoms with Crippen molar-refractivity contribution in [2.45, 2.75) is 24.9 Å². The van der Waals surface area contributed by atoms with Gasteiger partial charge in [0.15, 0.2) is 0 Å². The van der Waals surface area contributed by atoms with Crippen LogP contribution in [0.25, 0.3) is 0 Å². The molecule has 4 nitrogen and oxygen atoms in total. The Kier molecular flexibility index (Phi) is 4.63. The average Bonchev–Trinajstić information content (AvgIpc) is 2.62. The van der Waals surface area contributed by atoms with Crippen LogP contribution in [0.1, 0.15) is 18.4 Å². The van der Waals surface area contributed by atoms with Crippen molar-refractivity contribution in [1.29, 1.82) is 0 Å². The number of nitrogens with one attached hydrogen (secondary N) is 2. The molecule has 0 saturated carbocycles. The lowest BCUT2D eigenvalue weighted by Gasteiger charge is -2.44. The fourth-order valence-corrected chi connectivity index (χ4v) is 3.91. The summed E-state index contributed by atoms with van der Waals surface area (Å²) in [4.78, 5) is 4.95. The highest BCUT2D eigenvalue weighted by molar-refractivity contribution is 7.77. The molecule has 0 aromatic heterocycles. The predicted molar refractivity (Wildman–Crippen MR) is 108 cm³/mol. The molecule has 2 heterocycles. The van der Waals surface area contributed by atoms with Crippen molar-refractivity contribution in [3.63, 3.8) is 0 Å². The number of para-hydroxylation sites is 2. The third-order valence-electron chi connectivity index (χ3n) is 4.91. The van der Waals surface area contributed by atoms with E-state index in [4.69, 9.17) is 16.6 Å². The van der Waals surface area contributed by atoms with Crippen LogP contribution in [-0.4, -0.2) is 28.8 Å². The number of hydrogen-bond acceptors (Lipinski definition) is 5. The van der Waals surface area contributed by atoms with Gasteiger partial charge in [-0.15, -0.1) is 0 Å². The van der Waals surface area contributed by atoms with Gasteiger partial charge in [-0.05, 0) is 42.7 Å². The number of aliphatic imine (C=N–C) groups is 1. The number of fused-ring (bicyclic) bond motifs is 1. The highest BCUT2D eigenvalue weighted by Gasteiger charge is 2.41. The highest BCUT2D eigenvalue weighted by Crippen LogP contribution is 2.38. The molecule has 0 aliphatic carbocycles. The molecule has 1 spiro atoms. The number of hydrogen-bond donors (Lipinski definition) is 3. The van der Waals surface area contributed by atoms with Crippen LogP contribution in [0.4, 0.5) is 11.4 Å². The molecule has 0 radical (unpaired) electrons. The van der Waals surface area contributed by atoms with Gasteiger partial charge in [0.2, 0.25) is 0 Å². The van der Waals surface area contributed by atoms with E-state index in [1.165, 1.54) is 0 Å². The fourth-order valence-electron chi connectivity index (χ4n) is 3.50. The van der Waals surface area contributed by atoms with Gasteiger partial charge < -0.3 is 10.6 Å². The Morgan fingerprint density at radius 2 is 1.96 bits per heavy atom. The van der Waals surface area contributed by atoms with Gasteiger partial charge in [0.05, 0.1) is 16.9 Å². The minimum absolute atomic E-state index is 0.161. The van der Waals surface area contributed by atoms with Crippen LogP contribution in [0.3, 0.4) is 0 Å². The summed E-state index contributed by atoms with van der Waals surface area (Å²) < 4.78 is 2.07. The molecule has 2 aromatic carbocycles. The first-order chi connectivity index (χ1) is 12.1. The summed E-state index contributed by atoms with van der Waals surface area (Å²) in [5.41, 5.74) is 3.07. The molecular weight excluding hydrogens is 352 g/mol. The average molecular weight is 373 g/mol. The van der Waals surface area contributed by atoms with Crippen molar-refractivity contribution in [1.82, 2.24) is 9.62 Å². The number of anilines is 1. The van der Waals surface area contributed by atoms with Gasteiger partial charge in [0.1, 0.15) is 5.84 Å². The number of amidine groups is 1. The molecule has 2 aliphatic heterocycles. The molecule has 6 heteroatoms. The second-order valence-corrected chi connectivity index (χ2v) is 7.62. The molecule has 2 aliphatic rings. The number of thiol groups is 1. The van der Waals surface area contributed by atoms with Crippen LogP contribution in [0.5, 0.6) is 0 Å². The monoisotopic (exact) mass is 372 g/mol. The van der Waals surface area contributed by atoms with Crippen LogP contribution in [0.15, 0.2) is 53.5 Å². The molecular formula is C19H21ClN4S. The van der Waals surface area contributed by atoms with Crippen LogP contribution in [-0.2, 0) is 6.54 Å². The Morgan fingerprint density at radius 1 is 1.16 bits per heavy atom. The van der Waals surface area contributed by atoms with E-state index in [9.17, 15) is 0 Å². The largest absolute Gasteiger partial charge is 0.371 e. The SMILES string of the molecule is SN1CCC2(CC1)Nc1ccccc1N=C2NCc1cccc(Cl)c1. The number of halogens is 1. The smallest absolute Gasteiger partial charge is 0.128 e. The Balaban J connectivity index is 1.62. The van der Waals surface area contributed by atoms with E-state index in [1.807, 2.05) is 36.4 Å². The van der Waals surface area contributed by atoms with Crippen LogP contribution in [0, 0.1) is 0 Å². The molecule has 25 heavy (non-hydrogen) atoms. The number of rotatable bonds is 2. The van der Waals surface area contributed by atoms with E-state index < -0.39 is 0 Å². The minimum Gasteiger partial charge on any atom is -0.371 e. The molecule has 0 unspecified atom stereocenters. The van der Waals surface area contributed by atoms with E-state index in [2.05, 4.69) is 39.9 Å². The standard InChI is InChI=1S/C19H21ClN4S/c20-15-5-3-4-14(12-15)13-21-18-19(8-10-24(25)11-9-19)23-17-7-2-1-6-16(17)22-18/h1-7,12,23,25H,8-11,13H2,(H,21,22). The van der Waals surface area contributed by atoms with Gasteiger partial charge in [0, 0.05) is 24.7 Å². The molecule has 0 atom stereocenters. The van der Waals surface area contributed by atoms with E-state index >= 15 is 0 Å². The Hall–Kier alpha value is -1.69. The van der Waals surface area contributed by atoms with Gasteiger partial charge in [-0.1, -0.05) is 48.7 Å². The molecule has 1 saturated heterocycles. The van der Waals surface area contributed by atoms with Gasteiger partial charge >= 0.3 is 0 Å². The lowest BCUT2D eigenvalue weighted by Crippen LogP contribution is -2.58. The Bertz CT molecular complexity index is 800. The first-order valence-electron chi connectivity index (χ1n) is 8.53. The van der Waals surface area contributed by atoms with Gasteiger partial charge in [-0.3, -0.25) is 4.31 Å². The zero-order valence-corrected chi connectivity index (χ0v) is 15.5. The summed E-state index contributed by atoms with van der Waals surface area (Å²) in [6, 6.07) is 16.1. The van der Waals surface area contributed by atoms with Crippen LogP contribution >= 0.6 is 24.4 Å². The highest BCUT2D eigenvalue weighted by atomic mass is 35.5. The number of piperidine rings is 1. The third kappa shape index (κ3) is 3.50.